The third kappa shape index (κ3) is 2.13. The molecule has 4 heteroatoms. The van der Waals surface area contributed by atoms with E-state index in [4.69, 9.17) is 4.74 Å². The summed E-state index contributed by atoms with van der Waals surface area (Å²) < 4.78 is 7.86. The SMILES string of the molecule is CCn1ccnc1COC1CCNC1. The fourth-order valence-corrected chi connectivity index (χ4v) is 1.73. The smallest absolute Gasteiger partial charge is 0.134 e. The highest BCUT2D eigenvalue weighted by atomic mass is 16.5. The summed E-state index contributed by atoms with van der Waals surface area (Å²) in [6.07, 6.45) is 5.31. The Morgan fingerprint density at radius 2 is 2.64 bits per heavy atom. The van der Waals surface area contributed by atoms with Crippen LogP contribution in [0.25, 0.3) is 0 Å². The van der Waals surface area contributed by atoms with Gasteiger partial charge < -0.3 is 14.6 Å². The van der Waals surface area contributed by atoms with Gasteiger partial charge in [0.15, 0.2) is 0 Å². The zero-order valence-electron chi connectivity index (χ0n) is 8.57. The molecule has 4 nitrogen and oxygen atoms in total. The van der Waals surface area contributed by atoms with E-state index in [0.29, 0.717) is 12.7 Å². The summed E-state index contributed by atoms with van der Waals surface area (Å²) in [5, 5.41) is 3.28. The van der Waals surface area contributed by atoms with E-state index in [1.165, 1.54) is 0 Å². The second-order valence-electron chi connectivity index (χ2n) is 3.56. The molecule has 0 saturated carbocycles. The number of rotatable bonds is 4. The fraction of sp³-hybridized carbons (Fsp3) is 0.700. The maximum atomic E-state index is 5.74. The Bertz CT molecular complexity index is 279. The monoisotopic (exact) mass is 195 g/mol. The van der Waals surface area contributed by atoms with Gasteiger partial charge in [-0.25, -0.2) is 4.98 Å². The van der Waals surface area contributed by atoms with Crippen LogP contribution in [0.15, 0.2) is 12.4 Å². The molecule has 2 heterocycles. The van der Waals surface area contributed by atoms with Gasteiger partial charge in [-0.15, -0.1) is 0 Å². The number of imidazole rings is 1. The third-order valence-corrected chi connectivity index (χ3v) is 2.61. The van der Waals surface area contributed by atoms with E-state index in [1.54, 1.807) is 0 Å². The van der Waals surface area contributed by atoms with Crippen LogP contribution < -0.4 is 5.32 Å². The number of hydrogen-bond donors (Lipinski definition) is 1. The summed E-state index contributed by atoms with van der Waals surface area (Å²) in [6.45, 7) is 5.76. The van der Waals surface area contributed by atoms with E-state index in [0.717, 1.165) is 31.9 Å². The summed E-state index contributed by atoms with van der Waals surface area (Å²) in [4.78, 5) is 4.27. The van der Waals surface area contributed by atoms with Crippen molar-refractivity contribution in [3.8, 4) is 0 Å². The van der Waals surface area contributed by atoms with E-state index < -0.39 is 0 Å². The zero-order valence-corrected chi connectivity index (χ0v) is 8.57. The second-order valence-corrected chi connectivity index (χ2v) is 3.56. The lowest BCUT2D eigenvalue weighted by Gasteiger charge is -2.10. The number of hydrogen-bond acceptors (Lipinski definition) is 3. The van der Waals surface area contributed by atoms with E-state index in [9.17, 15) is 0 Å². The van der Waals surface area contributed by atoms with E-state index in [2.05, 4.69) is 21.8 Å². The maximum Gasteiger partial charge on any atom is 0.134 e. The Morgan fingerprint density at radius 3 is 3.36 bits per heavy atom. The van der Waals surface area contributed by atoms with Crippen LogP contribution >= 0.6 is 0 Å². The molecule has 1 unspecified atom stereocenters. The van der Waals surface area contributed by atoms with Crippen LogP contribution in [0.5, 0.6) is 0 Å². The van der Waals surface area contributed by atoms with Gasteiger partial charge in [0.05, 0.1) is 6.10 Å². The first-order valence-electron chi connectivity index (χ1n) is 5.22. The zero-order chi connectivity index (χ0) is 9.80. The lowest BCUT2D eigenvalue weighted by Crippen LogP contribution is -2.17. The van der Waals surface area contributed by atoms with Crippen LogP contribution in [0.2, 0.25) is 0 Å². The van der Waals surface area contributed by atoms with Crippen LogP contribution in [0.3, 0.4) is 0 Å². The Balaban J connectivity index is 1.84. The average Bonchev–Trinajstić information content (AvgIpc) is 2.85. The Hall–Kier alpha value is -0.870. The van der Waals surface area contributed by atoms with Gasteiger partial charge in [0.25, 0.3) is 0 Å². The predicted octanol–water partition coefficient (Wildman–Crippen LogP) is 0.781. The van der Waals surface area contributed by atoms with Gasteiger partial charge in [-0.1, -0.05) is 0 Å². The molecule has 0 aromatic carbocycles. The molecule has 1 saturated heterocycles. The van der Waals surface area contributed by atoms with Crippen molar-refractivity contribution in [2.75, 3.05) is 13.1 Å². The molecular weight excluding hydrogens is 178 g/mol. The largest absolute Gasteiger partial charge is 0.369 e. The number of nitrogens with one attached hydrogen (secondary N) is 1. The lowest BCUT2D eigenvalue weighted by atomic mass is 10.3. The molecule has 0 bridgehead atoms. The topological polar surface area (TPSA) is 39.1 Å². The molecule has 1 N–H and O–H groups in total. The molecular formula is C10H17N3O. The normalized spacial score (nSPS) is 21.6. The Morgan fingerprint density at radius 1 is 1.71 bits per heavy atom. The minimum Gasteiger partial charge on any atom is -0.369 e. The highest BCUT2D eigenvalue weighted by molar-refractivity contribution is 4.90. The lowest BCUT2D eigenvalue weighted by molar-refractivity contribution is 0.0484. The van der Waals surface area contributed by atoms with Gasteiger partial charge in [0.2, 0.25) is 0 Å². The summed E-state index contributed by atoms with van der Waals surface area (Å²) in [7, 11) is 0. The van der Waals surface area contributed by atoms with Gasteiger partial charge in [0.1, 0.15) is 12.4 Å². The standard InChI is InChI=1S/C10H17N3O/c1-2-13-6-5-12-10(13)8-14-9-3-4-11-7-9/h5-6,9,11H,2-4,7-8H2,1H3. The van der Waals surface area contributed by atoms with Crippen LogP contribution in [0, 0.1) is 0 Å². The van der Waals surface area contributed by atoms with Crippen molar-refractivity contribution in [1.82, 2.24) is 14.9 Å². The van der Waals surface area contributed by atoms with Crippen molar-refractivity contribution in [3.05, 3.63) is 18.2 Å². The van der Waals surface area contributed by atoms with Crippen LogP contribution in [-0.2, 0) is 17.9 Å². The third-order valence-electron chi connectivity index (χ3n) is 2.61. The second kappa shape index (κ2) is 4.57. The first-order chi connectivity index (χ1) is 6.90. The fourth-order valence-electron chi connectivity index (χ4n) is 1.73. The quantitative estimate of drug-likeness (QED) is 0.771. The van der Waals surface area contributed by atoms with E-state index in [1.807, 2.05) is 12.4 Å². The van der Waals surface area contributed by atoms with Gasteiger partial charge in [-0.2, -0.15) is 0 Å². The van der Waals surface area contributed by atoms with Crippen molar-refractivity contribution in [2.45, 2.75) is 32.6 Å². The summed E-state index contributed by atoms with van der Waals surface area (Å²) >= 11 is 0. The molecule has 0 aliphatic carbocycles. The molecule has 78 valence electrons. The number of nitrogens with zero attached hydrogens (tertiary/aromatic N) is 2. The van der Waals surface area contributed by atoms with Gasteiger partial charge >= 0.3 is 0 Å². The van der Waals surface area contributed by atoms with Gasteiger partial charge in [0, 0.05) is 25.5 Å². The molecule has 1 aromatic rings. The van der Waals surface area contributed by atoms with Crippen LogP contribution in [-0.4, -0.2) is 28.7 Å². The van der Waals surface area contributed by atoms with Gasteiger partial charge in [-0.05, 0) is 19.9 Å². The molecule has 2 rings (SSSR count). The van der Waals surface area contributed by atoms with E-state index >= 15 is 0 Å². The maximum absolute atomic E-state index is 5.74. The molecule has 1 fully saturated rings. The number of aromatic nitrogens is 2. The van der Waals surface area contributed by atoms with Crippen molar-refractivity contribution in [3.63, 3.8) is 0 Å². The van der Waals surface area contributed by atoms with Crippen molar-refractivity contribution in [2.24, 2.45) is 0 Å². The van der Waals surface area contributed by atoms with Crippen molar-refractivity contribution >= 4 is 0 Å². The molecule has 1 aromatic heterocycles. The first-order valence-corrected chi connectivity index (χ1v) is 5.22. The Kier molecular flexibility index (Phi) is 3.16. The minimum absolute atomic E-state index is 0.372. The number of ether oxygens (including phenoxy) is 1. The molecule has 14 heavy (non-hydrogen) atoms. The molecule has 1 atom stereocenters. The van der Waals surface area contributed by atoms with Crippen molar-refractivity contribution in [1.29, 1.82) is 0 Å². The first kappa shape index (κ1) is 9.68. The predicted molar refractivity (Wildman–Crippen MR) is 54.0 cm³/mol. The Labute approximate surface area is 84.3 Å². The number of aryl methyl sites for hydroxylation is 1. The molecule has 0 spiro atoms. The average molecular weight is 195 g/mol. The van der Waals surface area contributed by atoms with Crippen LogP contribution in [0.1, 0.15) is 19.2 Å². The summed E-state index contributed by atoms with van der Waals surface area (Å²) in [6, 6.07) is 0. The minimum atomic E-state index is 0.372. The van der Waals surface area contributed by atoms with Crippen LogP contribution in [0.4, 0.5) is 0 Å². The molecule has 0 amide bonds. The highest BCUT2D eigenvalue weighted by Gasteiger charge is 2.15. The van der Waals surface area contributed by atoms with E-state index in [-0.39, 0.29) is 0 Å². The molecule has 1 aliphatic heterocycles. The molecule has 0 radical (unpaired) electrons. The molecule has 1 aliphatic rings. The summed E-state index contributed by atoms with van der Waals surface area (Å²) in [5.41, 5.74) is 0. The summed E-state index contributed by atoms with van der Waals surface area (Å²) in [5.74, 6) is 1.03. The van der Waals surface area contributed by atoms with Crippen molar-refractivity contribution < 1.29 is 4.74 Å². The highest BCUT2D eigenvalue weighted by Crippen LogP contribution is 2.07. The van der Waals surface area contributed by atoms with Gasteiger partial charge in [-0.3, -0.25) is 0 Å².